The molecule has 4 amide bonds. The summed E-state index contributed by atoms with van der Waals surface area (Å²) in [4.78, 5) is 38.4. The Morgan fingerprint density at radius 1 is 1.07 bits per heavy atom. The number of likely N-dealkylation sites (tertiary alicyclic amines) is 1. The predicted octanol–water partition coefficient (Wildman–Crippen LogP) is 2.66. The van der Waals surface area contributed by atoms with Gasteiger partial charge in [0.2, 0.25) is 5.91 Å². The van der Waals surface area contributed by atoms with E-state index in [9.17, 15) is 14.4 Å². The second-order valence-corrected chi connectivity index (χ2v) is 6.26. The van der Waals surface area contributed by atoms with Gasteiger partial charge in [-0.25, -0.2) is 4.79 Å². The van der Waals surface area contributed by atoms with Crippen molar-refractivity contribution in [1.82, 2.24) is 10.2 Å². The van der Waals surface area contributed by atoms with E-state index in [1.807, 2.05) is 0 Å². The van der Waals surface area contributed by atoms with Crippen LogP contribution in [0.15, 0.2) is 47.1 Å². The summed E-state index contributed by atoms with van der Waals surface area (Å²) in [6, 6.07) is 9.18. The summed E-state index contributed by atoms with van der Waals surface area (Å²) < 4.78 is 5.19. The van der Waals surface area contributed by atoms with E-state index in [-0.39, 0.29) is 23.6 Å². The molecule has 8 nitrogen and oxygen atoms in total. The van der Waals surface area contributed by atoms with Crippen molar-refractivity contribution in [1.29, 1.82) is 0 Å². The van der Waals surface area contributed by atoms with Crippen LogP contribution in [0.4, 0.5) is 16.2 Å². The standard InChI is InChI=1S/C19H22N4O4/c1-20-19(26)22-14-7-4-6-13(12-14)21-17(24)15-8-2-3-10-23(15)18(25)16-9-5-11-27-16/h4-7,9,11-12,15H,2-3,8,10H2,1H3,(H,21,24)(H2,20,22,26)/t15-/m0/s1. The number of benzene rings is 1. The molecule has 1 aliphatic heterocycles. The normalized spacial score (nSPS) is 16.5. The molecule has 2 aromatic rings. The van der Waals surface area contributed by atoms with Gasteiger partial charge in [0.25, 0.3) is 5.91 Å². The third-order valence-electron chi connectivity index (χ3n) is 4.41. The molecule has 1 atom stereocenters. The van der Waals surface area contributed by atoms with Crippen LogP contribution in [-0.4, -0.2) is 42.4 Å². The van der Waals surface area contributed by atoms with Crippen molar-refractivity contribution in [3.63, 3.8) is 0 Å². The van der Waals surface area contributed by atoms with Crippen molar-refractivity contribution in [2.75, 3.05) is 24.2 Å². The van der Waals surface area contributed by atoms with Crippen molar-refractivity contribution in [3.8, 4) is 0 Å². The number of carbonyl (C=O) groups excluding carboxylic acids is 3. The molecule has 27 heavy (non-hydrogen) atoms. The predicted molar refractivity (Wildman–Crippen MR) is 101 cm³/mol. The van der Waals surface area contributed by atoms with Gasteiger partial charge in [0, 0.05) is 25.0 Å². The Hall–Kier alpha value is -3.29. The van der Waals surface area contributed by atoms with Crippen LogP contribution in [-0.2, 0) is 4.79 Å². The van der Waals surface area contributed by atoms with Crippen molar-refractivity contribution in [3.05, 3.63) is 48.4 Å². The molecule has 142 valence electrons. The molecule has 3 N–H and O–H groups in total. The number of amides is 4. The van der Waals surface area contributed by atoms with E-state index in [0.717, 1.165) is 12.8 Å². The fourth-order valence-corrected chi connectivity index (χ4v) is 3.08. The van der Waals surface area contributed by atoms with Crippen LogP contribution in [0.25, 0.3) is 0 Å². The Balaban J connectivity index is 1.71. The van der Waals surface area contributed by atoms with Crippen molar-refractivity contribution in [2.45, 2.75) is 25.3 Å². The lowest BCUT2D eigenvalue weighted by atomic mass is 10.0. The number of rotatable bonds is 4. The maximum Gasteiger partial charge on any atom is 0.318 e. The van der Waals surface area contributed by atoms with Crippen LogP contribution in [0.1, 0.15) is 29.8 Å². The van der Waals surface area contributed by atoms with Crippen LogP contribution in [0.2, 0.25) is 0 Å². The Morgan fingerprint density at radius 3 is 2.56 bits per heavy atom. The quantitative estimate of drug-likeness (QED) is 0.770. The van der Waals surface area contributed by atoms with Gasteiger partial charge in [-0.05, 0) is 49.6 Å². The third kappa shape index (κ3) is 4.46. The zero-order valence-corrected chi connectivity index (χ0v) is 15.0. The van der Waals surface area contributed by atoms with Gasteiger partial charge in [0.1, 0.15) is 6.04 Å². The van der Waals surface area contributed by atoms with E-state index in [2.05, 4.69) is 16.0 Å². The highest BCUT2D eigenvalue weighted by Gasteiger charge is 2.33. The molecule has 0 unspecified atom stereocenters. The first kappa shape index (κ1) is 18.5. The summed E-state index contributed by atoms with van der Waals surface area (Å²) in [5.41, 5.74) is 1.10. The molecule has 0 spiro atoms. The van der Waals surface area contributed by atoms with Gasteiger partial charge in [-0.1, -0.05) is 6.07 Å². The lowest BCUT2D eigenvalue weighted by molar-refractivity contribution is -0.121. The van der Waals surface area contributed by atoms with E-state index >= 15 is 0 Å². The van der Waals surface area contributed by atoms with E-state index in [4.69, 9.17) is 4.42 Å². The van der Waals surface area contributed by atoms with Crippen molar-refractivity contribution < 1.29 is 18.8 Å². The number of carbonyl (C=O) groups is 3. The maximum atomic E-state index is 12.8. The van der Waals surface area contributed by atoms with Gasteiger partial charge < -0.3 is 25.3 Å². The van der Waals surface area contributed by atoms with Crippen LogP contribution >= 0.6 is 0 Å². The molecule has 1 aliphatic rings. The molecule has 0 bridgehead atoms. The van der Waals surface area contributed by atoms with E-state index in [0.29, 0.717) is 24.3 Å². The zero-order chi connectivity index (χ0) is 19.2. The minimum absolute atomic E-state index is 0.228. The largest absolute Gasteiger partial charge is 0.459 e. The number of anilines is 2. The highest BCUT2D eigenvalue weighted by Crippen LogP contribution is 2.22. The number of furan rings is 1. The minimum atomic E-state index is -0.563. The Morgan fingerprint density at radius 2 is 1.85 bits per heavy atom. The van der Waals surface area contributed by atoms with Crippen LogP contribution in [0.3, 0.4) is 0 Å². The summed E-state index contributed by atoms with van der Waals surface area (Å²) in [5, 5.41) is 7.96. The number of hydrogen-bond donors (Lipinski definition) is 3. The van der Waals surface area contributed by atoms with Gasteiger partial charge in [0.05, 0.1) is 6.26 Å². The summed E-state index contributed by atoms with van der Waals surface area (Å²) >= 11 is 0. The van der Waals surface area contributed by atoms with E-state index in [1.165, 1.54) is 13.3 Å². The van der Waals surface area contributed by atoms with Gasteiger partial charge in [-0.15, -0.1) is 0 Å². The number of hydrogen-bond acceptors (Lipinski definition) is 4. The number of piperidine rings is 1. The van der Waals surface area contributed by atoms with Gasteiger partial charge in [-0.2, -0.15) is 0 Å². The molecular formula is C19H22N4O4. The fraction of sp³-hybridized carbons (Fsp3) is 0.316. The maximum absolute atomic E-state index is 12.8. The lowest BCUT2D eigenvalue weighted by Crippen LogP contribution is -2.49. The number of nitrogens with one attached hydrogen (secondary N) is 3. The van der Waals surface area contributed by atoms with Gasteiger partial charge in [-0.3, -0.25) is 9.59 Å². The second-order valence-electron chi connectivity index (χ2n) is 6.26. The Kier molecular flexibility index (Phi) is 5.75. The molecule has 1 aromatic heterocycles. The van der Waals surface area contributed by atoms with E-state index in [1.54, 1.807) is 41.3 Å². The summed E-state index contributed by atoms with van der Waals surface area (Å²) in [7, 11) is 1.52. The first-order valence-corrected chi connectivity index (χ1v) is 8.82. The number of nitrogens with zero attached hydrogens (tertiary/aromatic N) is 1. The monoisotopic (exact) mass is 370 g/mol. The minimum Gasteiger partial charge on any atom is -0.459 e. The van der Waals surface area contributed by atoms with Crippen molar-refractivity contribution >= 4 is 29.2 Å². The first-order valence-electron chi connectivity index (χ1n) is 8.82. The molecule has 1 aromatic carbocycles. The molecule has 8 heteroatoms. The molecule has 1 fully saturated rings. The number of urea groups is 1. The molecule has 0 saturated carbocycles. The molecule has 2 heterocycles. The third-order valence-corrected chi connectivity index (χ3v) is 4.41. The highest BCUT2D eigenvalue weighted by atomic mass is 16.3. The van der Waals surface area contributed by atoms with Crippen molar-refractivity contribution in [2.24, 2.45) is 0 Å². The summed E-state index contributed by atoms with van der Waals surface area (Å²) in [6.07, 6.45) is 3.76. The summed E-state index contributed by atoms with van der Waals surface area (Å²) in [5.74, 6) is -0.312. The van der Waals surface area contributed by atoms with Crippen LogP contribution in [0.5, 0.6) is 0 Å². The van der Waals surface area contributed by atoms with Gasteiger partial charge in [0.15, 0.2) is 5.76 Å². The molecular weight excluding hydrogens is 348 g/mol. The zero-order valence-electron chi connectivity index (χ0n) is 15.0. The topological polar surface area (TPSA) is 104 Å². The molecule has 0 aliphatic carbocycles. The lowest BCUT2D eigenvalue weighted by Gasteiger charge is -2.34. The SMILES string of the molecule is CNC(=O)Nc1cccc(NC(=O)[C@@H]2CCCCN2C(=O)c2ccco2)c1. The van der Waals surface area contributed by atoms with E-state index < -0.39 is 6.04 Å². The molecule has 1 saturated heterocycles. The second kappa shape index (κ2) is 8.39. The first-order chi connectivity index (χ1) is 13.1. The smallest absolute Gasteiger partial charge is 0.318 e. The highest BCUT2D eigenvalue weighted by molar-refractivity contribution is 6.00. The fourth-order valence-electron chi connectivity index (χ4n) is 3.08. The Labute approximate surface area is 156 Å². The summed E-state index contributed by atoms with van der Waals surface area (Å²) in [6.45, 7) is 0.510. The van der Waals surface area contributed by atoms with Crippen LogP contribution < -0.4 is 16.0 Å². The molecule has 3 rings (SSSR count). The van der Waals surface area contributed by atoms with Crippen LogP contribution in [0, 0.1) is 0 Å². The average molecular weight is 370 g/mol. The average Bonchev–Trinajstić information content (AvgIpc) is 3.22. The molecule has 0 radical (unpaired) electrons. The van der Waals surface area contributed by atoms with Gasteiger partial charge >= 0.3 is 6.03 Å². The Bertz CT molecular complexity index is 819.